The monoisotopic (exact) mass is 1040 g/mol. The maximum Gasteiger partial charge on any atom is 0.410 e. The molecule has 72 heavy (non-hydrogen) atoms. The predicted octanol–water partition coefficient (Wildman–Crippen LogP) is -0.777. The Bertz CT molecular complexity index is 2190. The number of esters is 1. The summed E-state index contributed by atoms with van der Waals surface area (Å²) in [6, 6.07) is 2.31. The summed E-state index contributed by atoms with van der Waals surface area (Å²) in [5.41, 5.74) is 14.4. The van der Waals surface area contributed by atoms with Gasteiger partial charge in [0.2, 0.25) is 23.6 Å². The number of nitrogens with zero attached hydrogens (tertiary/aromatic N) is 2. The van der Waals surface area contributed by atoms with Gasteiger partial charge in [0, 0.05) is 52.4 Å². The Hall–Kier alpha value is -4.99. The molecule has 2 saturated heterocycles. The highest BCUT2D eigenvalue weighted by atomic mass is 35.5. The molecule has 3 aliphatic heterocycles. The number of aliphatic hydroxyl groups excluding tert-OH is 1. The van der Waals surface area contributed by atoms with Crippen LogP contribution in [-0.4, -0.2) is 186 Å². The fraction of sp³-hybridized carbons (Fsp3) is 0.660. The van der Waals surface area contributed by atoms with E-state index in [0.717, 1.165) is 10.5 Å². The summed E-state index contributed by atoms with van der Waals surface area (Å²) >= 11 is 6.75. The lowest BCUT2D eigenvalue weighted by atomic mass is 9.86. The highest BCUT2D eigenvalue weighted by molar-refractivity contribution is 6.35. The van der Waals surface area contributed by atoms with Crippen molar-refractivity contribution < 1.29 is 76.9 Å². The van der Waals surface area contributed by atoms with Gasteiger partial charge < -0.3 is 80.0 Å². The number of nitrogens with two attached hydrogens (primary N) is 3. The standard InChI is InChI=1S/C47H71ClN8O16/c1-28-8-7-9-33(57)46(64)27-45(72-43(63)54-46)26-44(45,2)42-47(51,71-42)34(25-37(60)55(4)31-23-29(22-28)24-32(65-6)38(31)48)70-41(62)39(50)56(5)36(59)11-10-30(49)40(61)53-13-15-67-17-19-69-21-20-68-18-16-66-14-12-35(58)52-3/h7-9,23-24,30,33-34,39,42,57,64H,10-22,25-27,49-51H2,1-6H3,(H,52,58)(H,53,61)(H,54,63)/b9-7+,28-8+/t30-,33+,34-,39+,42-,44+,45-,46-,47-/m0/s1. The first kappa shape index (κ1) is 57.9. The molecule has 24 nitrogen and oxygen atoms in total. The second-order valence-electron chi connectivity index (χ2n) is 18.5. The first-order valence-corrected chi connectivity index (χ1v) is 24.0. The lowest BCUT2D eigenvalue weighted by Crippen LogP contribution is -2.64. The van der Waals surface area contributed by atoms with Gasteiger partial charge in [0.05, 0.1) is 78.1 Å². The number of halogens is 1. The third kappa shape index (κ3) is 14.4. The Morgan fingerprint density at radius 3 is 2.29 bits per heavy atom. The maximum atomic E-state index is 14.3. The first-order chi connectivity index (χ1) is 34.0. The van der Waals surface area contributed by atoms with E-state index in [0.29, 0.717) is 51.6 Å². The second-order valence-corrected chi connectivity index (χ2v) is 18.9. The van der Waals surface area contributed by atoms with Gasteiger partial charge in [0.1, 0.15) is 28.6 Å². The number of epoxide rings is 1. The summed E-state index contributed by atoms with van der Waals surface area (Å²) in [4.78, 5) is 80.5. The second kappa shape index (κ2) is 25.3. The molecular weight excluding hydrogens is 968 g/mol. The van der Waals surface area contributed by atoms with Crippen LogP contribution < -0.4 is 42.8 Å². The summed E-state index contributed by atoms with van der Waals surface area (Å²) < 4.78 is 44.9. The van der Waals surface area contributed by atoms with Crippen molar-refractivity contribution in [3.05, 3.63) is 46.5 Å². The summed E-state index contributed by atoms with van der Waals surface area (Å²) in [5, 5.41) is 30.5. The van der Waals surface area contributed by atoms with Gasteiger partial charge in [-0.3, -0.25) is 30.2 Å². The van der Waals surface area contributed by atoms with Crippen molar-refractivity contribution in [2.24, 2.45) is 22.6 Å². The SMILES string of the molecule is CNC(=O)CCOCCOCCOCCOCCNC(=O)[C@@H](N)CCC(=O)N(C)[C@@H](N)C(=O)O[C@H]1CC(=O)N(C)c2cc(cc(OC)c2Cl)C/C(C)=C/C=C/[C@@H](O)[C@@]2(O)C[C@]3(C[C@]3(C)[C@@H]3O[C@@]13N)OC(=O)N2. The third-order valence-electron chi connectivity index (χ3n) is 13.3. The van der Waals surface area contributed by atoms with Gasteiger partial charge in [-0.2, -0.15) is 0 Å². The minimum atomic E-state index is -2.17. The molecule has 11 N–H and O–H groups in total. The van der Waals surface area contributed by atoms with Crippen LogP contribution in [0.2, 0.25) is 5.02 Å². The number of carbonyl (C=O) groups excluding carboxylic acids is 6. The molecule has 0 radical (unpaired) electrons. The van der Waals surface area contributed by atoms with Crippen LogP contribution in [0, 0.1) is 5.41 Å². The van der Waals surface area contributed by atoms with Gasteiger partial charge in [0.15, 0.2) is 23.7 Å². The van der Waals surface area contributed by atoms with E-state index in [1.165, 1.54) is 32.2 Å². The average Bonchev–Trinajstić information content (AvgIpc) is 4.20. The lowest BCUT2D eigenvalue weighted by molar-refractivity contribution is -0.163. The molecule has 1 spiro atoms. The Kier molecular flexibility index (Phi) is 20.3. The molecular formula is C47H71ClN8O16. The number of nitrogens with one attached hydrogen (secondary N) is 3. The van der Waals surface area contributed by atoms with Crippen LogP contribution >= 0.6 is 11.6 Å². The smallest absolute Gasteiger partial charge is 0.410 e. The molecule has 25 heteroatoms. The topological polar surface area (TPSA) is 341 Å². The maximum absolute atomic E-state index is 14.3. The number of methoxy groups -OCH3 is 1. The van der Waals surface area contributed by atoms with Crippen LogP contribution in [0.3, 0.4) is 0 Å². The van der Waals surface area contributed by atoms with E-state index < -0.39 is 89.2 Å². The first-order valence-electron chi connectivity index (χ1n) is 23.7. The molecule has 5 rings (SSSR count). The number of hydrogen-bond donors (Lipinski definition) is 8. The number of allylic oxidation sites excluding steroid dienone is 3. The van der Waals surface area contributed by atoms with Crippen molar-refractivity contribution in [2.45, 2.75) is 106 Å². The van der Waals surface area contributed by atoms with Crippen LogP contribution in [0.15, 0.2) is 35.9 Å². The molecule has 4 aliphatic rings. The molecule has 0 aromatic heterocycles. The van der Waals surface area contributed by atoms with Gasteiger partial charge in [-0.1, -0.05) is 42.3 Å². The summed E-state index contributed by atoms with van der Waals surface area (Å²) in [5.74, 6) is -2.79. The van der Waals surface area contributed by atoms with E-state index in [-0.39, 0.29) is 74.2 Å². The Labute approximate surface area is 423 Å². The van der Waals surface area contributed by atoms with E-state index in [4.69, 9.17) is 66.7 Å². The van der Waals surface area contributed by atoms with E-state index in [1.807, 2.05) is 6.92 Å². The lowest BCUT2D eigenvalue weighted by Gasteiger charge is -2.41. The van der Waals surface area contributed by atoms with E-state index in [9.17, 15) is 39.0 Å². The number of benzene rings is 1. The fourth-order valence-corrected chi connectivity index (χ4v) is 8.99. The molecule has 9 atom stereocenters. The summed E-state index contributed by atoms with van der Waals surface area (Å²) in [6.45, 7) is 6.15. The number of carbonyl (C=O) groups is 6. The van der Waals surface area contributed by atoms with Crippen LogP contribution in [0.5, 0.6) is 5.75 Å². The molecule has 1 aliphatic carbocycles. The third-order valence-corrected chi connectivity index (χ3v) is 13.6. The molecule has 0 unspecified atom stereocenters. The van der Waals surface area contributed by atoms with Crippen molar-refractivity contribution in [1.29, 1.82) is 0 Å². The zero-order valence-corrected chi connectivity index (χ0v) is 42.5. The normalized spacial score (nSPS) is 28.9. The number of ether oxygens (including phenoxy) is 8. The molecule has 1 saturated carbocycles. The summed E-state index contributed by atoms with van der Waals surface area (Å²) in [7, 11) is 5.71. The van der Waals surface area contributed by atoms with Crippen LogP contribution in [-0.2, 0) is 63.6 Å². The Morgan fingerprint density at radius 2 is 1.65 bits per heavy atom. The van der Waals surface area contributed by atoms with Gasteiger partial charge in [-0.15, -0.1) is 0 Å². The highest BCUT2D eigenvalue weighted by Gasteiger charge is 2.84. The van der Waals surface area contributed by atoms with E-state index in [1.54, 1.807) is 38.3 Å². The molecule has 5 amide bonds. The predicted molar refractivity (Wildman–Crippen MR) is 258 cm³/mol. The quantitative estimate of drug-likeness (QED) is 0.0289. The van der Waals surface area contributed by atoms with Crippen LogP contribution in [0.1, 0.15) is 57.9 Å². The van der Waals surface area contributed by atoms with Crippen molar-refractivity contribution in [3.63, 3.8) is 0 Å². The van der Waals surface area contributed by atoms with Gasteiger partial charge >= 0.3 is 12.1 Å². The van der Waals surface area contributed by atoms with Crippen LogP contribution in [0.4, 0.5) is 10.5 Å². The van der Waals surface area contributed by atoms with Crippen molar-refractivity contribution in [2.75, 3.05) is 92.6 Å². The van der Waals surface area contributed by atoms with E-state index in [2.05, 4.69) is 16.0 Å². The number of alkyl carbamates (subject to hydrolysis) is 1. The van der Waals surface area contributed by atoms with E-state index >= 15 is 0 Å². The number of fused-ring (bicyclic) bond motifs is 5. The Balaban J connectivity index is 1.16. The number of rotatable bonds is 23. The average molecular weight is 1040 g/mol. The highest BCUT2D eigenvalue weighted by Crippen LogP contribution is 2.71. The van der Waals surface area contributed by atoms with Gasteiger partial charge in [0.25, 0.3) is 0 Å². The zero-order valence-electron chi connectivity index (χ0n) is 41.7. The van der Waals surface area contributed by atoms with Crippen LogP contribution in [0.25, 0.3) is 0 Å². The molecule has 1 aromatic rings. The van der Waals surface area contributed by atoms with Gasteiger partial charge in [-0.05, 0) is 43.9 Å². The van der Waals surface area contributed by atoms with Gasteiger partial charge in [-0.25, -0.2) is 9.59 Å². The summed E-state index contributed by atoms with van der Waals surface area (Å²) in [6.07, 6.45) is -2.79. The van der Waals surface area contributed by atoms with Crippen molar-refractivity contribution in [1.82, 2.24) is 20.9 Å². The molecule has 1 aromatic carbocycles. The Morgan fingerprint density at radius 1 is 1.01 bits per heavy atom. The number of aliphatic hydroxyl groups is 2. The number of amides is 5. The molecule has 4 bridgehead atoms. The molecule has 3 heterocycles. The largest absolute Gasteiger partial charge is 0.495 e. The number of likely N-dealkylation sites (N-methyl/N-ethyl adjacent to an activating group) is 1. The van der Waals surface area contributed by atoms with Crippen molar-refractivity contribution in [3.8, 4) is 5.75 Å². The number of hydrogen-bond acceptors (Lipinski definition) is 19. The van der Waals surface area contributed by atoms with Crippen molar-refractivity contribution >= 4 is 53.0 Å². The molecule has 402 valence electrons. The zero-order chi connectivity index (χ0) is 53.0. The number of anilines is 1. The minimum absolute atomic E-state index is 0.0948. The fourth-order valence-electron chi connectivity index (χ4n) is 8.67. The minimum Gasteiger partial charge on any atom is -0.495 e. The molecule has 3 fully saturated rings.